The monoisotopic (exact) mass is 1220 g/mol. The molecule has 0 radical (unpaired) electrons. The Morgan fingerprint density at radius 3 is 0.739 bits per heavy atom. The first-order valence-corrected chi connectivity index (χ1v) is 38.1. The lowest BCUT2D eigenvalue weighted by Crippen LogP contribution is -2.28. The number of hydrogen-bond donors (Lipinski definition) is 1. The SMILES string of the molecule is CC/C=C\C/C=C\C/C=C\C/C=C\C/C=C\C/C=C\C/C=C\C/C=C\CCCCCCCCCCC(=O)OC(CO)COC(=O)CCCCCCCCCCCCCCCCCCCCCCCCCCCCCCC/C=C\C/C=C\CCCCCCC. The van der Waals surface area contributed by atoms with Gasteiger partial charge in [-0.1, -0.05) is 373 Å². The van der Waals surface area contributed by atoms with Gasteiger partial charge in [-0.25, -0.2) is 0 Å². The van der Waals surface area contributed by atoms with Crippen molar-refractivity contribution in [2.45, 2.75) is 380 Å². The van der Waals surface area contributed by atoms with Crippen LogP contribution >= 0.6 is 0 Å². The molecule has 0 spiro atoms. The summed E-state index contributed by atoms with van der Waals surface area (Å²) in [6, 6.07) is 0. The van der Waals surface area contributed by atoms with Gasteiger partial charge < -0.3 is 14.6 Å². The molecule has 1 unspecified atom stereocenters. The highest BCUT2D eigenvalue weighted by molar-refractivity contribution is 5.70. The van der Waals surface area contributed by atoms with Gasteiger partial charge in [-0.2, -0.15) is 0 Å². The number of hydrogen-bond acceptors (Lipinski definition) is 5. The first-order chi connectivity index (χ1) is 43.6. The maximum Gasteiger partial charge on any atom is 0.306 e. The van der Waals surface area contributed by atoms with Crippen molar-refractivity contribution in [2.24, 2.45) is 0 Å². The fraction of sp³-hybridized carbons (Fsp3) is 0.735. The molecule has 0 aromatic rings. The number of allylic oxidation sites excluding steroid dienone is 20. The van der Waals surface area contributed by atoms with Crippen molar-refractivity contribution in [3.8, 4) is 0 Å². The standard InChI is InChI=1S/C83H144O5/c1-3-5-7-9-11-13-15-17-19-21-23-25-27-29-31-33-35-37-38-39-40-41-42-43-44-46-47-49-51-53-55-57-59-61-63-65-67-69-71-73-75-77-82(85)87-80-81(79-84)88-83(86)78-76-74-72-70-68-66-64-62-60-58-56-54-52-50-48-45-36-34-32-30-28-26-24-22-20-18-16-14-12-10-8-6-4-2/h6,8,12,14-15,17-18,20-21,23-24,26,30,32,36,45,50,52,56,58,81,84H,3-5,7,9-11,13,16,19,22,25,27-29,31,33-35,37-44,46-49,51,53-55,57,59-80H2,1-2H3/b8-6-,14-12-,17-15-,20-18-,23-21-,26-24-,32-30-,45-36-,52-50-,58-56-. The zero-order valence-electron chi connectivity index (χ0n) is 58.2. The van der Waals surface area contributed by atoms with Gasteiger partial charge in [-0.05, 0) is 109 Å². The fourth-order valence-electron chi connectivity index (χ4n) is 11.1. The van der Waals surface area contributed by atoms with E-state index in [2.05, 4.69) is 135 Å². The van der Waals surface area contributed by atoms with Gasteiger partial charge in [0.15, 0.2) is 6.10 Å². The number of ether oxygens (including phenoxy) is 2. The highest BCUT2D eigenvalue weighted by atomic mass is 16.6. The maximum atomic E-state index is 12.4. The van der Waals surface area contributed by atoms with Crippen LogP contribution in [0.3, 0.4) is 0 Å². The number of esters is 2. The van der Waals surface area contributed by atoms with Crippen molar-refractivity contribution >= 4 is 11.9 Å². The summed E-state index contributed by atoms with van der Waals surface area (Å²) in [5.74, 6) is -0.591. The number of unbranched alkanes of at least 4 members (excludes halogenated alkanes) is 42. The minimum atomic E-state index is -0.785. The molecule has 1 N–H and O–H groups in total. The first kappa shape index (κ1) is 84.3. The van der Waals surface area contributed by atoms with E-state index in [-0.39, 0.29) is 25.2 Å². The van der Waals surface area contributed by atoms with E-state index in [0.29, 0.717) is 12.8 Å². The van der Waals surface area contributed by atoms with Gasteiger partial charge in [0.1, 0.15) is 6.61 Å². The molecule has 5 nitrogen and oxygen atoms in total. The van der Waals surface area contributed by atoms with Crippen LogP contribution in [0, 0.1) is 0 Å². The number of carbonyl (C=O) groups is 2. The summed E-state index contributed by atoms with van der Waals surface area (Å²) >= 11 is 0. The number of aliphatic hydroxyl groups is 1. The molecular formula is C83H144O5. The lowest BCUT2D eigenvalue weighted by Gasteiger charge is -2.15. The second-order valence-corrected chi connectivity index (χ2v) is 25.3. The van der Waals surface area contributed by atoms with Crippen LogP contribution in [0.2, 0.25) is 0 Å². The van der Waals surface area contributed by atoms with Crippen molar-refractivity contribution in [2.75, 3.05) is 13.2 Å². The van der Waals surface area contributed by atoms with E-state index in [9.17, 15) is 14.7 Å². The summed E-state index contributed by atoms with van der Waals surface area (Å²) in [5.41, 5.74) is 0. The van der Waals surface area contributed by atoms with Gasteiger partial charge in [-0.15, -0.1) is 0 Å². The highest BCUT2D eigenvalue weighted by Crippen LogP contribution is 2.18. The molecule has 0 aromatic carbocycles. The Hall–Kier alpha value is -3.70. The van der Waals surface area contributed by atoms with Gasteiger partial charge in [0, 0.05) is 12.8 Å². The van der Waals surface area contributed by atoms with Crippen LogP contribution in [0.25, 0.3) is 0 Å². The molecule has 0 aliphatic carbocycles. The van der Waals surface area contributed by atoms with Crippen molar-refractivity contribution in [3.05, 3.63) is 122 Å². The Bertz CT molecular complexity index is 1720. The van der Waals surface area contributed by atoms with Crippen LogP contribution in [0.1, 0.15) is 373 Å². The van der Waals surface area contributed by atoms with Gasteiger partial charge >= 0.3 is 11.9 Å². The van der Waals surface area contributed by atoms with E-state index in [1.165, 1.54) is 244 Å². The van der Waals surface area contributed by atoms with E-state index in [4.69, 9.17) is 9.47 Å². The van der Waals surface area contributed by atoms with Gasteiger partial charge in [0.2, 0.25) is 0 Å². The predicted octanol–water partition coefficient (Wildman–Crippen LogP) is 26.9. The second-order valence-electron chi connectivity index (χ2n) is 25.3. The van der Waals surface area contributed by atoms with Crippen LogP contribution in [-0.4, -0.2) is 36.4 Å². The van der Waals surface area contributed by atoms with Crippen LogP contribution in [0.15, 0.2) is 122 Å². The van der Waals surface area contributed by atoms with Crippen molar-refractivity contribution < 1.29 is 24.2 Å². The Labute approximate surface area is 547 Å². The molecule has 0 aliphatic rings. The Morgan fingerprint density at radius 2 is 0.489 bits per heavy atom. The molecule has 88 heavy (non-hydrogen) atoms. The number of rotatable bonds is 70. The third-order valence-electron chi connectivity index (χ3n) is 16.7. The third kappa shape index (κ3) is 74.8. The normalized spacial score (nSPS) is 12.9. The topological polar surface area (TPSA) is 72.8 Å². The van der Waals surface area contributed by atoms with Crippen molar-refractivity contribution in [1.29, 1.82) is 0 Å². The Balaban J connectivity index is 3.45. The zero-order valence-corrected chi connectivity index (χ0v) is 58.2. The molecule has 1 atom stereocenters. The average Bonchev–Trinajstić information content (AvgIpc) is 3.56. The van der Waals surface area contributed by atoms with Gasteiger partial charge in [0.25, 0.3) is 0 Å². The lowest BCUT2D eigenvalue weighted by atomic mass is 10.0. The molecule has 0 saturated carbocycles. The van der Waals surface area contributed by atoms with Crippen LogP contribution in [-0.2, 0) is 19.1 Å². The van der Waals surface area contributed by atoms with E-state index >= 15 is 0 Å². The molecule has 0 bridgehead atoms. The quantitative estimate of drug-likeness (QED) is 0.0373. The molecule has 0 amide bonds. The lowest BCUT2D eigenvalue weighted by molar-refractivity contribution is -0.161. The van der Waals surface area contributed by atoms with Crippen LogP contribution in [0.4, 0.5) is 0 Å². The predicted molar refractivity (Wildman–Crippen MR) is 389 cm³/mol. The summed E-state index contributed by atoms with van der Waals surface area (Å²) in [7, 11) is 0. The minimum Gasteiger partial charge on any atom is -0.462 e. The Morgan fingerprint density at radius 1 is 0.273 bits per heavy atom. The van der Waals surface area contributed by atoms with Gasteiger partial charge in [0.05, 0.1) is 6.61 Å². The summed E-state index contributed by atoms with van der Waals surface area (Å²) < 4.78 is 10.8. The van der Waals surface area contributed by atoms with Crippen LogP contribution < -0.4 is 0 Å². The minimum absolute atomic E-state index is 0.0715. The summed E-state index contributed by atoms with van der Waals surface area (Å²) in [6.07, 6.45) is 114. The van der Waals surface area contributed by atoms with E-state index in [1.54, 1.807) is 0 Å². The molecule has 0 fully saturated rings. The summed E-state index contributed by atoms with van der Waals surface area (Å²) in [5, 5.41) is 9.72. The third-order valence-corrected chi connectivity index (χ3v) is 16.7. The molecule has 0 saturated heterocycles. The molecule has 0 aromatic heterocycles. The van der Waals surface area contributed by atoms with Crippen molar-refractivity contribution in [3.63, 3.8) is 0 Å². The summed E-state index contributed by atoms with van der Waals surface area (Å²) in [6.45, 7) is 4.04. The summed E-state index contributed by atoms with van der Waals surface area (Å²) in [4.78, 5) is 24.7. The molecule has 0 heterocycles. The molecular weight excluding hydrogens is 1080 g/mol. The first-order valence-electron chi connectivity index (χ1n) is 38.1. The van der Waals surface area contributed by atoms with Crippen molar-refractivity contribution in [1.82, 2.24) is 0 Å². The molecule has 0 aliphatic heterocycles. The van der Waals surface area contributed by atoms with Crippen LogP contribution in [0.5, 0.6) is 0 Å². The van der Waals surface area contributed by atoms with E-state index in [1.807, 2.05) is 0 Å². The zero-order chi connectivity index (χ0) is 63.3. The largest absolute Gasteiger partial charge is 0.462 e. The number of carbonyl (C=O) groups excluding carboxylic acids is 2. The maximum absolute atomic E-state index is 12.4. The smallest absolute Gasteiger partial charge is 0.306 e. The highest BCUT2D eigenvalue weighted by Gasteiger charge is 2.16. The molecule has 0 rings (SSSR count). The second kappa shape index (κ2) is 77.5. The van der Waals surface area contributed by atoms with Gasteiger partial charge in [-0.3, -0.25) is 9.59 Å². The molecule has 506 valence electrons. The Kier molecular flexibility index (Phi) is 74.3. The molecule has 5 heteroatoms. The number of aliphatic hydroxyl groups excluding tert-OH is 1. The average molecular weight is 1220 g/mol. The van der Waals surface area contributed by atoms with E-state index < -0.39 is 6.10 Å². The van der Waals surface area contributed by atoms with E-state index in [0.717, 1.165) is 103 Å². The fourth-order valence-corrected chi connectivity index (χ4v) is 11.1.